The standard InChI is InChI=1S/C13H15IN2O2/c1-17-6-5-15-9-13-16-8-12(18-13)10-3-2-4-11(14)7-10/h2-4,7-8,15H,5-6,9H2,1H3. The van der Waals surface area contributed by atoms with Crippen LogP contribution in [0.15, 0.2) is 34.9 Å². The first-order chi connectivity index (χ1) is 8.79. The summed E-state index contributed by atoms with van der Waals surface area (Å²) in [7, 11) is 1.68. The molecule has 2 rings (SSSR count). The molecule has 1 aromatic heterocycles. The van der Waals surface area contributed by atoms with E-state index in [9.17, 15) is 0 Å². The number of ether oxygens (including phenoxy) is 1. The zero-order chi connectivity index (χ0) is 12.8. The van der Waals surface area contributed by atoms with E-state index in [4.69, 9.17) is 9.15 Å². The Morgan fingerprint density at radius 3 is 3.11 bits per heavy atom. The quantitative estimate of drug-likeness (QED) is 0.637. The molecule has 0 aliphatic carbocycles. The summed E-state index contributed by atoms with van der Waals surface area (Å²) in [6.45, 7) is 2.09. The van der Waals surface area contributed by atoms with Gasteiger partial charge in [0.05, 0.1) is 19.3 Å². The lowest BCUT2D eigenvalue weighted by molar-refractivity contribution is 0.198. The van der Waals surface area contributed by atoms with Crippen LogP contribution in [0, 0.1) is 3.57 Å². The number of rotatable bonds is 6. The van der Waals surface area contributed by atoms with Gasteiger partial charge < -0.3 is 14.5 Å². The van der Waals surface area contributed by atoms with Crippen molar-refractivity contribution in [2.24, 2.45) is 0 Å². The van der Waals surface area contributed by atoms with Gasteiger partial charge in [0.1, 0.15) is 0 Å². The molecule has 18 heavy (non-hydrogen) atoms. The van der Waals surface area contributed by atoms with Crippen LogP contribution in [-0.4, -0.2) is 25.2 Å². The van der Waals surface area contributed by atoms with Crippen LogP contribution in [0.3, 0.4) is 0 Å². The van der Waals surface area contributed by atoms with Gasteiger partial charge in [-0.1, -0.05) is 12.1 Å². The monoisotopic (exact) mass is 358 g/mol. The number of halogens is 1. The molecular formula is C13H15IN2O2. The Bertz CT molecular complexity index is 499. The molecule has 2 aromatic rings. The highest BCUT2D eigenvalue weighted by molar-refractivity contribution is 14.1. The molecule has 1 aromatic carbocycles. The van der Waals surface area contributed by atoms with E-state index in [-0.39, 0.29) is 0 Å². The third-order valence-electron chi connectivity index (χ3n) is 2.42. The van der Waals surface area contributed by atoms with Crippen molar-refractivity contribution in [3.8, 4) is 11.3 Å². The van der Waals surface area contributed by atoms with Gasteiger partial charge in [0.2, 0.25) is 5.89 Å². The lowest BCUT2D eigenvalue weighted by atomic mass is 10.2. The van der Waals surface area contributed by atoms with Gasteiger partial charge in [-0.2, -0.15) is 0 Å². The van der Waals surface area contributed by atoms with E-state index in [1.54, 1.807) is 13.3 Å². The van der Waals surface area contributed by atoms with E-state index >= 15 is 0 Å². The van der Waals surface area contributed by atoms with Crippen molar-refractivity contribution in [2.75, 3.05) is 20.3 Å². The molecule has 1 N–H and O–H groups in total. The lowest BCUT2D eigenvalue weighted by Gasteiger charge is -2.00. The van der Waals surface area contributed by atoms with E-state index in [0.717, 1.165) is 17.9 Å². The fourth-order valence-electron chi connectivity index (χ4n) is 1.54. The van der Waals surface area contributed by atoms with Crippen LogP contribution in [0.2, 0.25) is 0 Å². The van der Waals surface area contributed by atoms with Crippen molar-refractivity contribution in [1.29, 1.82) is 0 Å². The minimum Gasteiger partial charge on any atom is -0.439 e. The number of benzene rings is 1. The van der Waals surface area contributed by atoms with Crippen LogP contribution in [0.4, 0.5) is 0 Å². The van der Waals surface area contributed by atoms with E-state index in [2.05, 4.69) is 39.0 Å². The molecule has 0 fully saturated rings. The summed E-state index contributed by atoms with van der Waals surface area (Å²) in [6, 6.07) is 8.15. The number of hydrogen-bond donors (Lipinski definition) is 1. The Hall–Kier alpha value is -0.920. The highest BCUT2D eigenvalue weighted by Gasteiger charge is 2.06. The van der Waals surface area contributed by atoms with Gasteiger partial charge in [-0.3, -0.25) is 0 Å². The van der Waals surface area contributed by atoms with Crippen LogP contribution < -0.4 is 5.32 Å². The van der Waals surface area contributed by atoms with Crippen molar-refractivity contribution < 1.29 is 9.15 Å². The van der Waals surface area contributed by atoms with Gasteiger partial charge in [-0.15, -0.1) is 0 Å². The Morgan fingerprint density at radius 2 is 2.33 bits per heavy atom. The van der Waals surface area contributed by atoms with Crippen LogP contribution in [-0.2, 0) is 11.3 Å². The van der Waals surface area contributed by atoms with E-state index in [1.165, 1.54) is 3.57 Å². The largest absolute Gasteiger partial charge is 0.439 e. The van der Waals surface area contributed by atoms with Gasteiger partial charge in [-0.25, -0.2) is 4.98 Å². The third-order valence-corrected chi connectivity index (χ3v) is 3.09. The Kier molecular flexibility index (Phi) is 5.15. The van der Waals surface area contributed by atoms with Crippen LogP contribution in [0.1, 0.15) is 5.89 Å². The summed E-state index contributed by atoms with van der Waals surface area (Å²) in [5.41, 5.74) is 1.05. The number of hydrogen-bond acceptors (Lipinski definition) is 4. The van der Waals surface area contributed by atoms with Gasteiger partial charge in [0.25, 0.3) is 0 Å². The first-order valence-corrected chi connectivity index (χ1v) is 6.78. The molecule has 0 amide bonds. The molecule has 0 radical (unpaired) electrons. The molecule has 0 atom stereocenters. The first kappa shape index (κ1) is 13.5. The molecule has 0 unspecified atom stereocenters. The molecule has 0 aliphatic rings. The van der Waals surface area contributed by atoms with E-state index < -0.39 is 0 Å². The van der Waals surface area contributed by atoms with Gasteiger partial charge in [0.15, 0.2) is 5.76 Å². The average Bonchev–Trinajstić information content (AvgIpc) is 2.83. The minimum atomic E-state index is 0.618. The normalized spacial score (nSPS) is 10.8. The molecular weight excluding hydrogens is 343 g/mol. The number of aromatic nitrogens is 1. The Balaban J connectivity index is 1.97. The average molecular weight is 358 g/mol. The molecule has 0 aliphatic heterocycles. The SMILES string of the molecule is COCCNCc1ncc(-c2cccc(I)c2)o1. The first-order valence-electron chi connectivity index (χ1n) is 5.70. The summed E-state index contributed by atoms with van der Waals surface area (Å²) in [4.78, 5) is 4.25. The smallest absolute Gasteiger partial charge is 0.208 e. The summed E-state index contributed by atoms with van der Waals surface area (Å²) < 4.78 is 11.8. The second-order valence-electron chi connectivity index (χ2n) is 3.80. The highest BCUT2D eigenvalue weighted by Crippen LogP contribution is 2.21. The van der Waals surface area contributed by atoms with Gasteiger partial charge in [0, 0.05) is 22.8 Å². The Morgan fingerprint density at radius 1 is 1.44 bits per heavy atom. The molecule has 96 valence electrons. The molecule has 0 saturated carbocycles. The summed E-state index contributed by atoms with van der Waals surface area (Å²) >= 11 is 2.28. The zero-order valence-electron chi connectivity index (χ0n) is 10.1. The topological polar surface area (TPSA) is 47.3 Å². The van der Waals surface area contributed by atoms with Crippen molar-refractivity contribution in [3.05, 3.63) is 39.9 Å². The van der Waals surface area contributed by atoms with Crippen molar-refractivity contribution in [3.63, 3.8) is 0 Å². The molecule has 5 heteroatoms. The maximum Gasteiger partial charge on any atom is 0.208 e. The molecule has 4 nitrogen and oxygen atoms in total. The summed E-state index contributed by atoms with van der Waals surface area (Å²) in [6.07, 6.45) is 1.76. The molecule has 1 heterocycles. The number of nitrogens with zero attached hydrogens (tertiary/aromatic N) is 1. The fourth-order valence-corrected chi connectivity index (χ4v) is 2.08. The Labute approximate surface area is 120 Å². The fraction of sp³-hybridized carbons (Fsp3) is 0.308. The van der Waals surface area contributed by atoms with Gasteiger partial charge >= 0.3 is 0 Å². The van der Waals surface area contributed by atoms with Crippen LogP contribution in [0.5, 0.6) is 0 Å². The van der Waals surface area contributed by atoms with Crippen molar-refractivity contribution in [1.82, 2.24) is 10.3 Å². The van der Waals surface area contributed by atoms with Gasteiger partial charge in [-0.05, 0) is 34.7 Å². The zero-order valence-corrected chi connectivity index (χ0v) is 12.3. The van der Waals surface area contributed by atoms with Crippen molar-refractivity contribution in [2.45, 2.75) is 6.54 Å². The third kappa shape index (κ3) is 3.79. The number of nitrogens with one attached hydrogen (secondary N) is 1. The number of methoxy groups -OCH3 is 1. The highest BCUT2D eigenvalue weighted by atomic mass is 127. The number of oxazole rings is 1. The molecule has 0 spiro atoms. The van der Waals surface area contributed by atoms with Crippen molar-refractivity contribution >= 4 is 22.6 Å². The van der Waals surface area contributed by atoms with E-state index in [0.29, 0.717) is 19.0 Å². The second kappa shape index (κ2) is 6.86. The predicted molar refractivity (Wildman–Crippen MR) is 78.2 cm³/mol. The predicted octanol–water partition coefficient (Wildman–Crippen LogP) is 2.68. The maximum absolute atomic E-state index is 5.69. The second-order valence-corrected chi connectivity index (χ2v) is 5.04. The van der Waals surface area contributed by atoms with Crippen LogP contribution in [0.25, 0.3) is 11.3 Å². The lowest BCUT2D eigenvalue weighted by Crippen LogP contribution is -2.18. The summed E-state index contributed by atoms with van der Waals surface area (Å²) in [5.74, 6) is 1.50. The van der Waals surface area contributed by atoms with E-state index in [1.807, 2.05) is 18.2 Å². The molecule has 0 saturated heterocycles. The van der Waals surface area contributed by atoms with Crippen LogP contribution >= 0.6 is 22.6 Å². The minimum absolute atomic E-state index is 0.618. The maximum atomic E-state index is 5.69. The summed E-state index contributed by atoms with van der Waals surface area (Å²) in [5, 5.41) is 3.20. The molecule has 0 bridgehead atoms.